The highest BCUT2D eigenvalue weighted by atomic mass is 16.2. The first-order valence-electron chi connectivity index (χ1n) is 4.19. The summed E-state index contributed by atoms with van der Waals surface area (Å²) in [5.74, 6) is 0.559. The Kier molecular flexibility index (Phi) is 3.31. The van der Waals surface area contributed by atoms with E-state index in [2.05, 4.69) is 5.32 Å². The molecule has 0 aromatic carbocycles. The molecule has 1 fully saturated rings. The van der Waals surface area contributed by atoms with Crippen LogP contribution in [0.15, 0.2) is 0 Å². The van der Waals surface area contributed by atoms with Gasteiger partial charge in [-0.2, -0.15) is 0 Å². The van der Waals surface area contributed by atoms with Gasteiger partial charge in [-0.15, -0.1) is 0 Å². The Morgan fingerprint density at radius 2 is 2.25 bits per heavy atom. The molecule has 5 heteroatoms. The zero-order chi connectivity index (χ0) is 8.97. The first-order chi connectivity index (χ1) is 5.74. The highest BCUT2D eigenvalue weighted by Crippen LogP contribution is 2.12. The predicted molar refractivity (Wildman–Crippen MR) is 46.6 cm³/mol. The van der Waals surface area contributed by atoms with Crippen LogP contribution < -0.4 is 16.8 Å². The van der Waals surface area contributed by atoms with Crippen LogP contribution in [0.25, 0.3) is 0 Å². The summed E-state index contributed by atoms with van der Waals surface area (Å²) < 4.78 is 0. The Morgan fingerprint density at radius 3 is 2.75 bits per heavy atom. The molecule has 0 bridgehead atoms. The summed E-state index contributed by atoms with van der Waals surface area (Å²) in [6, 6.07) is -0.315. The summed E-state index contributed by atoms with van der Waals surface area (Å²) in [7, 11) is 0. The zero-order valence-electron chi connectivity index (χ0n) is 7.12. The SMILES string of the molecule is NCCNCC1CN(C(N)=O)C1. The van der Waals surface area contributed by atoms with Crippen molar-refractivity contribution in [2.45, 2.75) is 0 Å². The van der Waals surface area contributed by atoms with E-state index in [1.165, 1.54) is 0 Å². The van der Waals surface area contributed by atoms with E-state index in [4.69, 9.17) is 11.5 Å². The van der Waals surface area contributed by atoms with Gasteiger partial charge < -0.3 is 21.7 Å². The average Bonchev–Trinajstić information content (AvgIpc) is 1.93. The minimum absolute atomic E-state index is 0.315. The van der Waals surface area contributed by atoms with E-state index in [9.17, 15) is 4.79 Å². The summed E-state index contributed by atoms with van der Waals surface area (Å²) in [5.41, 5.74) is 10.4. The molecule has 1 heterocycles. The number of carbonyl (C=O) groups is 1. The van der Waals surface area contributed by atoms with Gasteiger partial charge in [0.2, 0.25) is 0 Å². The second-order valence-corrected chi connectivity index (χ2v) is 3.10. The lowest BCUT2D eigenvalue weighted by Gasteiger charge is -2.38. The maximum Gasteiger partial charge on any atom is 0.314 e. The van der Waals surface area contributed by atoms with Crippen LogP contribution in [0.5, 0.6) is 0 Å². The first-order valence-corrected chi connectivity index (χ1v) is 4.19. The van der Waals surface area contributed by atoms with Gasteiger partial charge in [0.1, 0.15) is 0 Å². The van der Waals surface area contributed by atoms with E-state index in [1.54, 1.807) is 4.90 Å². The lowest BCUT2D eigenvalue weighted by molar-refractivity contribution is 0.127. The molecule has 0 atom stereocenters. The average molecular weight is 172 g/mol. The molecule has 1 rings (SSSR count). The number of likely N-dealkylation sites (tertiary alicyclic amines) is 1. The van der Waals surface area contributed by atoms with Crippen molar-refractivity contribution in [3.8, 4) is 0 Å². The number of amides is 2. The summed E-state index contributed by atoms with van der Waals surface area (Å²) in [4.78, 5) is 12.2. The number of rotatable bonds is 4. The minimum atomic E-state index is -0.315. The van der Waals surface area contributed by atoms with Crippen molar-refractivity contribution in [1.29, 1.82) is 0 Å². The lowest BCUT2D eigenvalue weighted by atomic mass is 10.0. The van der Waals surface area contributed by atoms with Crippen LogP contribution in [-0.4, -0.2) is 43.7 Å². The largest absolute Gasteiger partial charge is 0.351 e. The number of hydrogen-bond donors (Lipinski definition) is 3. The van der Waals surface area contributed by atoms with Gasteiger partial charge in [0.25, 0.3) is 0 Å². The summed E-state index contributed by atoms with van der Waals surface area (Å²) in [6.45, 7) is 4.00. The number of nitrogens with zero attached hydrogens (tertiary/aromatic N) is 1. The van der Waals surface area contributed by atoms with Crippen LogP contribution in [0.4, 0.5) is 4.79 Å². The maximum atomic E-state index is 10.6. The van der Waals surface area contributed by atoms with Gasteiger partial charge in [-0.1, -0.05) is 0 Å². The monoisotopic (exact) mass is 172 g/mol. The Bertz CT molecular complexity index is 155. The van der Waals surface area contributed by atoms with Crippen molar-refractivity contribution in [2.75, 3.05) is 32.7 Å². The van der Waals surface area contributed by atoms with Crippen LogP contribution in [0, 0.1) is 5.92 Å². The van der Waals surface area contributed by atoms with Crippen LogP contribution in [0.3, 0.4) is 0 Å². The van der Waals surface area contributed by atoms with Crippen LogP contribution in [0.1, 0.15) is 0 Å². The maximum absolute atomic E-state index is 10.6. The molecular weight excluding hydrogens is 156 g/mol. The lowest BCUT2D eigenvalue weighted by Crippen LogP contribution is -2.55. The minimum Gasteiger partial charge on any atom is -0.351 e. The predicted octanol–water partition coefficient (Wildman–Crippen LogP) is -1.45. The van der Waals surface area contributed by atoms with E-state index in [1.807, 2.05) is 0 Å². The van der Waals surface area contributed by atoms with Gasteiger partial charge in [-0.3, -0.25) is 0 Å². The van der Waals surface area contributed by atoms with E-state index >= 15 is 0 Å². The van der Waals surface area contributed by atoms with Crippen LogP contribution >= 0.6 is 0 Å². The molecule has 12 heavy (non-hydrogen) atoms. The van der Waals surface area contributed by atoms with Gasteiger partial charge in [-0.25, -0.2) is 4.79 Å². The normalized spacial score (nSPS) is 17.6. The van der Waals surface area contributed by atoms with Crippen LogP contribution in [0.2, 0.25) is 0 Å². The van der Waals surface area contributed by atoms with Crippen molar-refractivity contribution >= 4 is 6.03 Å². The molecule has 5 nitrogen and oxygen atoms in total. The fourth-order valence-electron chi connectivity index (χ4n) is 1.29. The van der Waals surface area contributed by atoms with Gasteiger partial charge in [0.05, 0.1) is 0 Å². The Hall–Kier alpha value is -0.810. The number of carbonyl (C=O) groups excluding carboxylic acids is 1. The molecule has 1 aliphatic rings. The number of urea groups is 1. The van der Waals surface area contributed by atoms with Crippen molar-refractivity contribution in [2.24, 2.45) is 17.4 Å². The third-order valence-electron chi connectivity index (χ3n) is 2.02. The molecule has 0 saturated carbocycles. The number of nitrogens with one attached hydrogen (secondary N) is 1. The zero-order valence-corrected chi connectivity index (χ0v) is 7.12. The van der Waals surface area contributed by atoms with Gasteiger partial charge in [0.15, 0.2) is 0 Å². The molecule has 2 amide bonds. The summed E-state index contributed by atoms with van der Waals surface area (Å²) in [5, 5.41) is 3.19. The van der Waals surface area contributed by atoms with E-state index in [-0.39, 0.29) is 6.03 Å². The van der Waals surface area contributed by atoms with Gasteiger partial charge in [0, 0.05) is 38.6 Å². The van der Waals surface area contributed by atoms with Crippen molar-refractivity contribution in [3.05, 3.63) is 0 Å². The third kappa shape index (κ3) is 2.35. The van der Waals surface area contributed by atoms with Crippen LogP contribution in [-0.2, 0) is 0 Å². The smallest absolute Gasteiger partial charge is 0.314 e. The molecule has 1 saturated heterocycles. The first kappa shape index (κ1) is 9.28. The Balaban J connectivity index is 1.98. The summed E-state index contributed by atoms with van der Waals surface area (Å²) >= 11 is 0. The van der Waals surface area contributed by atoms with Gasteiger partial charge in [-0.05, 0) is 0 Å². The Morgan fingerprint density at radius 1 is 1.58 bits per heavy atom. The van der Waals surface area contributed by atoms with E-state index < -0.39 is 0 Å². The quantitative estimate of drug-likeness (QED) is 0.453. The molecule has 0 spiro atoms. The molecule has 5 N–H and O–H groups in total. The molecular formula is C7H16N4O. The number of nitrogens with two attached hydrogens (primary N) is 2. The molecule has 0 unspecified atom stereocenters. The van der Waals surface area contributed by atoms with E-state index in [0.717, 1.165) is 26.2 Å². The second kappa shape index (κ2) is 4.27. The molecule has 0 aromatic heterocycles. The highest BCUT2D eigenvalue weighted by molar-refractivity contribution is 5.72. The third-order valence-corrected chi connectivity index (χ3v) is 2.02. The second-order valence-electron chi connectivity index (χ2n) is 3.10. The topological polar surface area (TPSA) is 84.4 Å². The Labute approximate surface area is 72.1 Å². The molecule has 0 radical (unpaired) electrons. The van der Waals surface area contributed by atoms with Crippen molar-refractivity contribution in [3.63, 3.8) is 0 Å². The molecule has 70 valence electrons. The standard InChI is InChI=1S/C7H16N4O/c8-1-2-10-3-6-4-11(5-6)7(9)12/h6,10H,1-5,8H2,(H2,9,12). The number of primary amides is 1. The van der Waals surface area contributed by atoms with Crippen molar-refractivity contribution in [1.82, 2.24) is 10.2 Å². The molecule has 1 aliphatic heterocycles. The fraction of sp³-hybridized carbons (Fsp3) is 0.857. The highest BCUT2D eigenvalue weighted by Gasteiger charge is 2.28. The summed E-state index contributed by atoms with van der Waals surface area (Å²) in [6.07, 6.45) is 0. The van der Waals surface area contributed by atoms with Crippen molar-refractivity contribution < 1.29 is 4.79 Å². The molecule has 0 aliphatic carbocycles. The fourth-order valence-corrected chi connectivity index (χ4v) is 1.29. The van der Waals surface area contributed by atoms with E-state index in [0.29, 0.717) is 12.5 Å². The van der Waals surface area contributed by atoms with Gasteiger partial charge >= 0.3 is 6.03 Å². The molecule has 0 aromatic rings. The number of hydrogen-bond acceptors (Lipinski definition) is 3.